The van der Waals surface area contributed by atoms with Crippen LogP contribution in [0.4, 0.5) is 0 Å². The number of aromatic nitrogens is 2. The van der Waals surface area contributed by atoms with E-state index >= 15 is 0 Å². The number of nitrogens with zero attached hydrogens (tertiary/aromatic N) is 2. The Hall–Kier alpha value is -1.36. The minimum Gasteiger partial charge on any atom is -0.481 e. The number of aryl methyl sites for hydroxylation is 2. The van der Waals surface area contributed by atoms with Gasteiger partial charge in [-0.1, -0.05) is 0 Å². The van der Waals surface area contributed by atoms with E-state index < -0.39 is 5.97 Å². The molecule has 5 heteroatoms. The predicted molar refractivity (Wildman–Crippen MR) is 63.7 cm³/mol. The maximum absolute atomic E-state index is 11.0. The van der Waals surface area contributed by atoms with Crippen LogP contribution in [0.1, 0.15) is 29.8 Å². The molecule has 0 bridgehead atoms. The second-order valence-corrected chi connectivity index (χ2v) is 4.83. The van der Waals surface area contributed by atoms with Crippen LogP contribution in [0.2, 0.25) is 0 Å². The van der Waals surface area contributed by atoms with Gasteiger partial charge < -0.3 is 5.11 Å². The molecule has 1 atom stereocenters. The number of H-pyrrole nitrogens is 1. The first-order chi connectivity index (χ1) is 8.08. The van der Waals surface area contributed by atoms with Gasteiger partial charge in [-0.3, -0.25) is 14.8 Å². The highest BCUT2D eigenvalue weighted by Crippen LogP contribution is 2.20. The lowest BCUT2D eigenvalue weighted by Gasteiger charge is -2.30. The Kier molecular flexibility index (Phi) is 3.47. The molecule has 0 radical (unpaired) electrons. The summed E-state index contributed by atoms with van der Waals surface area (Å²) in [6.07, 6.45) is 1.77. The summed E-state index contributed by atoms with van der Waals surface area (Å²) in [5.74, 6) is -0.883. The third-order valence-corrected chi connectivity index (χ3v) is 3.52. The van der Waals surface area contributed by atoms with Gasteiger partial charge in [0.05, 0.1) is 11.6 Å². The number of nitrogens with one attached hydrogen (secondary N) is 1. The number of aliphatic carboxylic acids is 1. The highest BCUT2D eigenvalue weighted by atomic mass is 16.4. The zero-order valence-corrected chi connectivity index (χ0v) is 10.4. The van der Waals surface area contributed by atoms with Gasteiger partial charge in [-0.05, 0) is 33.2 Å². The molecule has 1 aliphatic rings. The average Bonchev–Trinajstić information content (AvgIpc) is 2.61. The molecule has 17 heavy (non-hydrogen) atoms. The number of hydrogen-bond acceptors (Lipinski definition) is 3. The lowest BCUT2D eigenvalue weighted by molar-refractivity contribution is -0.143. The zero-order valence-electron chi connectivity index (χ0n) is 10.4. The van der Waals surface area contributed by atoms with E-state index in [9.17, 15) is 4.79 Å². The molecule has 0 spiro atoms. The number of aromatic amines is 1. The maximum atomic E-state index is 11.0. The van der Waals surface area contributed by atoms with Crippen LogP contribution in [0.25, 0.3) is 0 Å². The zero-order chi connectivity index (χ0) is 12.4. The quantitative estimate of drug-likeness (QED) is 0.832. The molecule has 1 aliphatic heterocycles. The fourth-order valence-corrected chi connectivity index (χ4v) is 2.43. The van der Waals surface area contributed by atoms with Gasteiger partial charge in [0.1, 0.15) is 0 Å². The minimum absolute atomic E-state index is 0.212. The molecule has 94 valence electrons. The van der Waals surface area contributed by atoms with E-state index in [0.29, 0.717) is 6.54 Å². The van der Waals surface area contributed by atoms with Crippen LogP contribution in [0.5, 0.6) is 0 Å². The Balaban J connectivity index is 2.02. The van der Waals surface area contributed by atoms with Crippen LogP contribution in [-0.2, 0) is 11.3 Å². The van der Waals surface area contributed by atoms with Crippen molar-refractivity contribution >= 4 is 5.97 Å². The summed E-state index contributed by atoms with van der Waals surface area (Å²) in [5.41, 5.74) is 3.30. The highest BCUT2D eigenvalue weighted by molar-refractivity contribution is 5.70. The lowest BCUT2D eigenvalue weighted by atomic mass is 9.98. The number of likely N-dealkylation sites (tertiary alicyclic amines) is 1. The number of carboxylic acids is 1. The van der Waals surface area contributed by atoms with Gasteiger partial charge in [0, 0.05) is 24.3 Å². The van der Waals surface area contributed by atoms with Crippen molar-refractivity contribution in [3.05, 3.63) is 17.0 Å². The van der Waals surface area contributed by atoms with Gasteiger partial charge in [0.15, 0.2) is 0 Å². The largest absolute Gasteiger partial charge is 0.481 e. The average molecular weight is 237 g/mol. The van der Waals surface area contributed by atoms with Crippen LogP contribution in [0.15, 0.2) is 0 Å². The van der Waals surface area contributed by atoms with Gasteiger partial charge in [0.25, 0.3) is 0 Å². The first-order valence-electron chi connectivity index (χ1n) is 6.03. The SMILES string of the molecule is Cc1n[nH]c(C)c1CN1CCC[C@@H](C(=O)O)C1. The molecule has 0 aromatic carbocycles. The normalized spacial score (nSPS) is 21.6. The lowest BCUT2D eigenvalue weighted by Crippen LogP contribution is -2.38. The van der Waals surface area contributed by atoms with E-state index in [1.807, 2.05) is 13.8 Å². The Morgan fingerprint density at radius 2 is 2.35 bits per heavy atom. The molecule has 2 rings (SSSR count). The van der Waals surface area contributed by atoms with Crippen molar-refractivity contribution in [1.29, 1.82) is 0 Å². The number of carbonyl (C=O) groups is 1. The summed E-state index contributed by atoms with van der Waals surface area (Å²) < 4.78 is 0. The molecule has 1 aromatic heterocycles. The Morgan fingerprint density at radius 1 is 1.59 bits per heavy atom. The fraction of sp³-hybridized carbons (Fsp3) is 0.667. The van der Waals surface area contributed by atoms with Crippen molar-refractivity contribution in [3.63, 3.8) is 0 Å². The third kappa shape index (κ3) is 2.66. The van der Waals surface area contributed by atoms with Gasteiger partial charge in [-0.2, -0.15) is 5.10 Å². The van der Waals surface area contributed by atoms with E-state index in [-0.39, 0.29) is 5.92 Å². The predicted octanol–water partition coefficient (Wildman–Crippen LogP) is 1.32. The standard InChI is InChI=1S/C12H19N3O2/c1-8-11(9(2)14-13-8)7-15-5-3-4-10(6-15)12(16)17/h10H,3-7H2,1-2H3,(H,13,14)(H,16,17)/t10-/m1/s1. The third-order valence-electron chi connectivity index (χ3n) is 3.52. The van der Waals surface area contributed by atoms with Gasteiger partial charge in [-0.15, -0.1) is 0 Å². The Bertz CT molecular complexity index is 394. The first-order valence-corrected chi connectivity index (χ1v) is 6.03. The van der Waals surface area contributed by atoms with Crippen LogP contribution in [-0.4, -0.2) is 39.3 Å². The summed E-state index contributed by atoms with van der Waals surface area (Å²) in [6.45, 7) is 6.43. The van der Waals surface area contributed by atoms with Gasteiger partial charge >= 0.3 is 5.97 Å². The summed E-state index contributed by atoms with van der Waals surface area (Å²) in [5, 5.41) is 16.2. The van der Waals surface area contributed by atoms with Crippen molar-refractivity contribution in [3.8, 4) is 0 Å². The summed E-state index contributed by atoms with van der Waals surface area (Å²) in [6, 6.07) is 0. The molecule has 0 unspecified atom stereocenters. The van der Waals surface area contributed by atoms with E-state index in [2.05, 4.69) is 15.1 Å². The molecule has 1 fully saturated rings. The topological polar surface area (TPSA) is 69.2 Å². The fourth-order valence-electron chi connectivity index (χ4n) is 2.43. The highest BCUT2D eigenvalue weighted by Gasteiger charge is 2.26. The second-order valence-electron chi connectivity index (χ2n) is 4.83. The van der Waals surface area contributed by atoms with Gasteiger partial charge in [-0.25, -0.2) is 0 Å². The minimum atomic E-state index is -0.671. The summed E-state index contributed by atoms with van der Waals surface area (Å²) in [7, 11) is 0. The molecular formula is C12H19N3O2. The maximum Gasteiger partial charge on any atom is 0.307 e. The van der Waals surface area contributed by atoms with Crippen LogP contribution in [0, 0.1) is 19.8 Å². The molecule has 1 aromatic rings. The molecule has 2 heterocycles. The first kappa shape index (κ1) is 12.1. The van der Waals surface area contributed by atoms with Crippen LogP contribution < -0.4 is 0 Å². The van der Waals surface area contributed by atoms with Crippen molar-refractivity contribution in [2.75, 3.05) is 13.1 Å². The molecule has 0 aliphatic carbocycles. The van der Waals surface area contributed by atoms with Crippen molar-refractivity contribution in [2.45, 2.75) is 33.2 Å². The van der Waals surface area contributed by atoms with E-state index in [1.165, 1.54) is 5.56 Å². The molecule has 0 saturated carbocycles. The Labute approximate surface area is 101 Å². The van der Waals surface area contributed by atoms with E-state index in [1.54, 1.807) is 0 Å². The summed E-state index contributed by atoms with van der Waals surface area (Å²) >= 11 is 0. The van der Waals surface area contributed by atoms with Gasteiger partial charge in [0.2, 0.25) is 0 Å². The van der Waals surface area contributed by atoms with Crippen molar-refractivity contribution < 1.29 is 9.90 Å². The van der Waals surface area contributed by atoms with E-state index in [0.717, 1.165) is 37.3 Å². The summed E-state index contributed by atoms with van der Waals surface area (Å²) in [4.78, 5) is 13.2. The molecular weight excluding hydrogens is 218 g/mol. The number of rotatable bonds is 3. The van der Waals surface area contributed by atoms with Crippen molar-refractivity contribution in [1.82, 2.24) is 15.1 Å². The molecule has 2 N–H and O–H groups in total. The van der Waals surface area contributed by atoms with Crippen LogP contribution in [0.3, 0.4) is 0 Å². The number of carboxylic acid groups (broad SMARTS) is 1. The van der Waals surface area contributed by atoms with Crippen LogP contribution >= 0.6 is 0 Å². The number of piperidine rings is 1. The van der Waals surface area contributed by atoms with E-state index in [4.69, 9.17) is 5.11 Å². The molecule has 1 saturated heterocycles. The Morgan fingerprint density at radius 3 is 2.94 bits per heavy atom. The smallest absolute Gasteiger partial charge is 0.307 e. The van der Waals surface area contributed by atoms with Crippen molar-refractivity contribution in [2.24, 2.45) is 5.92 Å². The molecule has 0 amide bonds. The molecule has 5 nitrogen and oxygen atoms in total. The monoisotopic (exact) mass is 237 g/mol. The number of hydrogen-bond donors (Lipinski definition) is 2. The second kappa shape index (κ2) is 4.87.